The SMILES string of the molecule is CCn1ncc(N)c1C(=O)N(C)CC1CCOCC1. The van der Waals surface area contributed by atoms with Crippen molar-refractivity contribution in [2.75, 3.05) is 32.5 Å². The lowest BCUT2D eigenvalue weighted by atomic mass is 10.00. The first kappa shape index (κ1) is 13.9. The van der Waals surface area contributed by atoms with Gasteiger partial charge in [0, 0.05) is 33.4 Å². The van der Waals surface area contributed by atoms with Gasteiger partial charge in [0.1, 0.15) is 5.69 Å². The van der Waals surface area contributed by atoms with Crippen LogP contribution in [0.4, 0.5) is 5.69 Å². The molecule has 1 aliphatic heterocycles. The fraction of sp³-hybridized carbons (Fsp3) is 0.692. The molecule has 1 amide bonds. The maximum atomic E-state index is 12.4. The Balaban J connectivity index is 2.03. The number of aromatic nitrogens is 2. The fourth-order valence-corrected chi connectivity index (χ4v) is 2.45. The lowest BCUT2D eigenvalue weighted by Gasteiger charge is -2.27. The normalized spacial score (nSPS) is 16.5. The Kier molecular flexibility index (Phi) is 4.42. The number of carbonyl (C=O) groups is 1. The fourth-order valence-electron chi connectivity index (χ4n) is 2.45. The van der Waals surface area contributed by atoms with Crippen LogP contribution in [0.15, 0.2) is 6.20 Å². The second kappa shape index (κ2) is 6.06. The molecule has 1 aromatic rings. The van der Waals surface area contributed by atoms with E-state index in [1.165, 1.54) is 0 Å². The summed E-state index contributed by atoms with van der Waals surface area (Å²) in [6.07, 6.45) is 3.57. The summed E-state index contributed by atoms with van der Waals surface area (Å²) in [6.45, 7) is 4.92. The second-order valence-corrected chi connectivity index (χ2v) is 5.01. The molecule has 1 fully saturated rings. The molecule has 2 rings (SSSR count). The number of anilines is 1. The van der Waals surface area contributed by atoms with Gasteiger partial charge in [0.15, 0.2) is 0 Å². The summed E-state index contributed by atoms with van der Waals surface area (Å²) in [6, 6.07) is 0. The second-order valence-electron chi connectivity index (χ2n) is 5.01. The number of aryl methyl sites for hydroxylation is 1. The highest BCUT2D eigenvalue weighted by Gasteiger charge is 2.23. The van der Waals surface area contributed by atoms with Crippen molar-refractivity contribution in [3.05, 3.63) is 11.9 Å². The van der Waals surface area contributed by atoms with Crippen LogP contribution >= 0.6 is 0 Å². The molecule has 0 bridgehead atoms. The van der Waals surface area contributed by atoms with Gasteiger partial charge in [-0.05, 0) is 25.7 Å². The number of hydrogen-bond acceptors (Lipinski definition) is 4. The van der Waals surface area contributed by atoms with Crippen molar-refractivity contribution in [1.82, 2.24) is 14.7 Å². The van der Waals surface area contributed by atoms with Gasteiger partial charge in [-0.15, -0.1) is 0 Å². The first-order chi connectivity index (χ1) is 9.13. The molecule has 0 radical (unpaired) electrons. The van der Waals surface area contributed by atoms with E-state index >= 15 is 0 Å². The van der Waals surface area contributed by atoms with Crippen LogP contribution in [0.5, 0.6) is 0 Å². The van der Waals surface area contributed by atoms with Crippen molar-refractivity contribution in [3.63, 3.8) is 0 Å². The summed E-state index contributed by atoms with van der Waals surface area (Å²) in [4.78, 5) is 14.2. The van der Waals surface area contributed by atoms with Crippen molar-refractivity contribution in [2.24, 2.45) is 5.92 Å². The summed E-state index contributed by atoms with van der Waals surface area (Å²) >= 11 is 0. The van der Waals surface area contributed by atoms with Crippen LogP contribution in [0.3, 0.4) is 0 Å². The van der Waals surface area contributed by atoms with Gasteiger partial charge in [0.25, 0.3) is 5.91 Å². The van der Waals surface area contributed by atoms with E-state index in [1.807, 2.05) is 14.0 Å². The molecular formula is C13H22N4O2. The summed E-state index contributed by atoms with van der Waals surface area (Å²) in [7, 11) is 1.82. The van der Waals surface area contributed by atoms with E-state index in [0.29, 0.717) is 23.8 Å². The predicted octanol–water partition coefficient (Wildman–Crippen LogP) is 0.984. The van der Waals surface area contributed by atoms with Gasteiger partial charge < -0.3 is 15.4 Å². The minimum Gasteiger partial charge on any atom is -0.396 e. The molecular weight excluding hydrogens is 244 g/mol. The molecule has 6 heteroatoms. The van der Waals surface area contributed by atoms with E-state index in [4.69, 9.17) is 10.5 Å². The van der Waals surface area contributed by atoms with Crippen molar-refractivity contribution < 1.29 is 9.53 Å². The number of carbonyl (C=O) groups excluding carboxylic acids is 1. The van der Waals surface area contributed by atoms with Gasteiger partial charge in [0.2, 0.25) is 0 Å². The van der Waals surface area contributed by atoms with Gasteiger partial charge in [-0.25, -0.2) is 0 Å². The standard InChI is InChI=1S/C13H22N4O2/c1-3-17-12(11(14)8-15-17)13(18)16(2)9-10-4-6-19-7-5-10/h8,10H,3-7,9,14H2,1-2H3. The quantitative estimate of drug-likeness (QED) is 0.881. The zero-order chi connectivity index (χ0) is 13.8. The number of nitrogens with two attached hydrogens (primary N) is 1. The minimum atomic E-state index is -0.0525. The van der Waals surface area contributed by atoms with E-state index in [2.05, 4.69) is 5.10 Å². The molecule has 0 atom stereocenters. The van der Waals surface area contributed by atoms with Crippen molar-refractivity contribution in [3.8, 4) is 0 Å². The average Bonchev–Trinajstić information content (AvgIpc) is 2.80. The average molecular weight is 266 g/mol. The number of amides is 1. The van der Waals surface area contributed by atoms with Crippen molar-refractivity contribution in [1.29, 1.82) is 0 Å². The van der Waals surface area contributed by atoms with E-state index in [1.54, 1.807) is 15.8 Å². The van der Waals surface area contributed by atoms with Crippen LogP contribution in [0.25, 0.3) is 0 Å². The van der Waals surface area contributed by atoms with Crippen LogP contribution in [0, 0.1) is 5.92 Å². The van der Waals surface area contributed by atoms with Gasteiger partial charge in [-0.2, -0.15) is 5.10 Å². The molecule has 1 aliphatic rings. The maximum Gasteiger partial charge on any atom is 0.274 e. The molecule has 0 saturated carbocycles. The van der Waals surface area contributed by atoms with Gasteiger partial charge in [0.05, 0.1) is 11.9 Å². The molecule has 2 N–H and O–H groups in total. The maximum absolute atomic E-state index is 12.4. The van der Waals surface area contributed by atoms with E-state index in [-0.39, 0.29) is 5.91 Å². The predicted molar refractivity (Wildman–Crippen MR) is 72.8 cm³/mol. The molecule has 1 saturated heterocycles. The zero-order valence-electron chi connectivity index (χ0n) is 11.6. The lowest BCUT2D eigenvalue weighted by Crippen LogP contribution is -2.35. The molecule has 6 nitrogen and oxygen atoms in total. The topological polar surface area (TPSA) is 73.4 Å². The Bertz CT molecular complexity index is 438. The lowest BCUT2D eigenvalue weighted by molar-refractivity contribution is 0.0493. The van der Waals surface area contributed by atoms with E-state index < -0.39 is 0 Å². The highest BCUT2D eigenvalue weighted by Crippen LogP contribution is 2.18. The van der Waals surface area contributed by atoms with Gasteiger partial charge in [-0.3, -0.25) is 9.48 Å². The molecule has 2 heterocycles. The van der Waals surface area contributed by atoms with Gasteiger partial charge in [-0.1, -0.05) is 0 Å². The number of rotatable bonds is 4. The van der Waals surface area contributed by atoms with Crippen LogP contribution in [0.2, 0.25) is 0 Å². The third-order valence-corrected chi connectivity index (χ3v) is 3.59. The van der Waals surface area contributed by atoms with Crippen molar-refractivity contribution in [2.45, 2.75) is 26.3 Å². The Morgan fingerprint density at radius 1 is 1.58 bits per heavy atom. The highest BCUT2D eigenvalue weighted by molar-refractivity contribution is 5.97. The number of hydrogen-bond donors (Lipinski definition) is 1. The molecule has 19 heavy (non-hydrogen) atoms. The molecule has 0 aromatic carbocycles. The van der Waals surface area contributed by atoms with E-state index in [9.17, 15) is 4.79 Å². The van der Waals surface area contributed by atoms with Crippen molar-refractivity contribution >= 4 is 11.6 Å². The summed E-state index contributed by atoms with van der Waals surface area (Å²) in [5.74, 6) is 0.463. The number of ether oxygens (including phenoxy) is 1. The molecule has 106 valence electrons. The first-order valence-electron chi connectivity index (χ1n) is 6.78. The molecule has 0 aliphatic carbocycles. The molecule has 0 spiro atoms. The molecule has 1 aromatic heterocycles. The summed E-state index contributed by atoms with van der Waals surface area (Å²) in [5, 5.41) is 4.11. The summed E-state index contributed by atoms with van der Waals surface area (Å²) in [5.41, 5.74) is 6.78. The van der Waals surface area contributed by atoms with Gasteiger partial charge >= 0.3 is 0 Å². The molecule has 0 unspecified atom stereocenters. The Morgan fingerprint density at radius 3 is 2.89 bits per heavy atom. The summed E-state index contributed by atoms with van der Waals surface area (Å²) < 4.78 is 6.98. The third kappa shape index (κ3) is 3.07. The monoisotopic (exact) mass is 266 g/mol. The Hall–Kier alpha value is -1.56. The zero-order valence-corrected chi connectivity index (χ0v) is 11.6. The smallest absolute Gasteiger partial charge is 0.274 e. The largest absolute Gasteiger partial charge is 0.396 e. The van der Waals surface area contributed by atoms with Crippen LogP contribution < -0.4 is 5.73 Å². The van der Waals surface area contributed by atoms with Crippen LogP contribution in [-0.2, 0) is 11.3 Å². The number of nitrogens with zero attached hydrogens (tertiary/aromatic N) is 3. The minimum absolute atomic E-state index is 0.0525. The Labute approximate surface area is 113 Å². The van der Waals surface area contributed by atoms with Crippen LogP contribution in [0.1, 0.15) is 30.3 Å². The third-order valence-electron chi connectivity index (χ3n) is 3.59. The van der Waals surface area contributed by atoms with Crippen LogP contribution in [-0.4, -0.2) is 47.4 Å². The first-order valence-corrected chi connectivity index (χ1v) is 6.78. The van der Waals surface area contributed by atoms with E-state index in [0.717, 1.165) is 32.6 Å². The highest BCUT2D eigenvalue weighted by atomic mass is 16.5. The number of nitrogen functional groups attached to an aromatic ring is 1. The Morgan fingerprint density at radius 2 is 2.26 bits per heavy atom.